The van der Waals surface area contributed by atoms with Crippen LogP contribution in [0.5, 0.6) is 5.75 Å². The first kappa shape index (κ1) is 34.7. The molecule has 1 aliphatic heterocycles. The van der Waals surface area contributed by atoms with Crippen LogP contribution in [0, 0.1) is 24.0 Å². The summed E-state index contributed by atoms with van der Waals surface area (Å²) in [7, 11) is 0. The predicted molar refractivity (Wildman–Crippen MR) is 195 cm³/mol. The van der Waals surface area contributed by atoms with Gasteiger partial charge >= 0.3 is 11.6 Å². The van der Waals surface area contributed by atoms with Crippen LogP contribution in [0.15, 0.2) is 127 Å². The van der Waals surface area contributed by atoms with E-state index >= 15 is 0 Å². The van der Waals surface area contributed by atoms with Crippen molar-refractivity contribution in [2.45, 2.75) is 33.6 Å². The fourth-order valence-corrected chi connectivity index (χ4v) is 5.62. The summed E-state index contributed by atoms with van der Waals surface area (Å²) >= 11 is 3.42. The summed E-state index contributed by atoms with van der Waals surface area (Å²) in [6.45, 7) is 7.73. The molecule has 0 amide bonds. The van der Waals surface area contributed by atoms with Gasteiger partial charge in [-0.15, -0.1) is 0 Å². The van der Waals surface area contributed by atoms with Crippen molar-refractivity contribution in [1.29, 1.82) is 0 Å². The molecule has 0 N–H and O–H groups in total. The maximum Gasteiger partial charge on any atom is 0.344 e. The highest BCUT2D eigenvalue weighted by atomic mass is 79.9. The highest BCUT2D eigenvalue weighted by molar-refractivity contribution is 9.10. The van der Waals surface area contributed by atoms with E-state index in [4.69, 9.17) is 13.9 Å². The van der Waals surface area contributed by atoms with E-state index in [0.717, 1.165) is 26.9 Å². The summed E-state index contributed by atoms with van der Waals surface area (Å²) < 4.78 is 17.7. The van der Waals surface area contributed by atoms with Crippen LogP contribution in [0.25, 0.3) is 17.0 Å². The molecular weight excluding hydrogens is 688 g/mol. The number of halogens is 1. The average Bonchev–Trinajstić information content (AvgIpc) is 3.08. The number of ether oxygens (including phenoxy) is 2. The first-order valence-corrected chi connectivity index (χ1v) is 16.3. The molecule has 1 unspecified atom stereocenters. The Kier molecular flexibility index (Phi) is 11.0. The van der Waals surface area contributed by atoms with Crippen molar-refractivity contribution in [3.8, 4) is 5.75 Å². The maximum atomic E-state index is 12.9. The second-order valence-corrected chi connectivity index (χ2v) is 12.1. The van der Waals surface area contributed by atoms with Crippen LogP contribution >= 0.6 is 15.9 Å². The Balaban J connectivity index is 0.000000200. The van der Waals surface area contributed by atoms with E-state index < -0.39 is 22.4 Å². The number of nitro benzene ring substituents is 1. The van der Waals surface area contributed by atoms with Gasteiger partial charge < -0.3 is 13.9 Å². The zero-order valence-electron chi connectivity index (χ0n) is 27.3. The molecular formula is C39H33BrN2O7. The van der Waals surface area contributed by atoms with Crippen LogP contribution in [0.3, 0.4) is 0 Å². The Morgan fingerprint density at radius 2 is 1.71 bits per heavy atom. The minimum Gasteiger partial charge on any atom is -0.463 e. The zero-order chi connectivity index (χ0) is 35.1. The number of benzene rings is 4. The number of aryl methyl sites for hydroxylation is 2. The lowest BCUT2D eigenvalue weighted by molar-refractivity contribution is -0.384. The van der Waals surface area contributed by atoms with Gasteiger partial charge in [0.2, 0.25) is 0 Å². The van der Waals surface area contributed by atoms with Crippen LogP contribution < -0.4 is 10.4 Å². The Bertz CT molecular complexity index is 2170. The molecule has 0 bridgehead atoms. The molecule has 0 saturated carbocycles. The summed E-state index contributed by atoms with van der Waals surface area (Å²) in [6, 6.07) is 27.2. The van der Waals surface area contributed by atoms with Gasteiger partial charge in [-0.1, -0.05) is 58.4 Å². The molecule has 2 heterocycles. The first-order chi connectivity index (χ1) is 23.6. The molecule has 4 aromatic carbocycles. The normalized spacial score (nSPS) is 13.9. The van der Waals surface area contributed by atoms with Gasteiger partial charge in [0, 0.05) is 22.8 Å². The minimum atomic E-state index is -0.642. The molecule has 0 aliphatic carbocycles. The van der Waals surface area contributed by atoms with Gasteiger partial charge in [0.25, 0.3) is 5.69 Å². The van der Waals surface area contributed by atoms with Crippen molar-refractivity contribution in [1.82, 2.24) is 0 Å². The van der Waals surface area contributed by atoms with E-state index in [-0.39, 0.29) is 12.3 Å². The van der Waals surface area contributed by atoms with E-state index in [9.17, 15) is 19.7 Å². The van der Waals surface area contributed by atoms with E-state index in [1.165, 1.54) is 17.7 Å². The smallest absolute Gasteiger partial charge is 0.344 e. The quantitative estimate of drug-likeness (QED) is 0.0540. The van der Waals surface area contributed by atoms with Gasteiger partial charge in [0.1, 0.15) is 17.1 Å². The number of para-hydroxylation sites is 1. The number of allylic oxidation sites excluding steroid dienone is 2. The van der Waals surface area contributed by atoms with Gasteiger partial charge in [0.15, 0.2) is 0 Å². The van der Waals surface area contributed by atoms with Crippen molar-refractivity contribution >= 4 is 56.5 Å². The average molecular weight is 722 g/mol. The second kappa shape index (κ2) is 15.5. The number of nitrogens with zero attached hydrogens (tertiary/aromatic N) is 2. The van der Waals surface area contributed by atoms with E-state index in [1.807, 2.05) is 74.5 Å². The third kappa shape index (κ3) is 8.10. The van der Waals surface area contributed by atoms with Crippen molar-refractivity contribution < 1.29 is 23.6 Å². The molecule has 5 aromatic rings. The van der Waals surface area contributed by atoms with Gasteiger partial charge in [0.05, 0.1) is 39.7 Å². The van der Waals surface area contributed by atoms with Gasteiger partial charge in [-0.3, -0.25) is 15.1 Å². The lowest BCUT2D eigenvalue weighted by atomic mass is 9.82. The monoisotopic (exact) mass is 720 g/mol. The Morgan fingerprint density at radius 3 is 2.41 bits per heavy atom. The van der Waals surface area contributed by atoms with Crippen LogP contribution in [0.4, 0.5) is 11.4 Å². The number of nitro groups is 1. The molecule has 0 saturated heterocycles. The molecule has 6 rings (SSSR count). The molecule has 49 heavy (non-hydrogen) atoms. The van der Waals surface area contributed by atoms with E-state index in [1.54, 1.807) is 44.3 Å². The molecule has 1 aromatic heterocycles. The highest BCUT2D eigenvalue weighted by Crippen LogP contribution is 2.45. The van der Waals surface area contributed by atoms with Crippen molar-refractivity contribution in [3.63, 3.8) is 0 Å². The van der Waals surface area contributed by atoms with E-state index in [2.05, 4.69) is 27.0 Å². The summed E-state index contributed by atoms with van der Waals surface area (Å²) in [6.07, 6.45) is 5.41. The van der Waals surface area contributed by atoms with E-state index in [0.29, 0.717) is 33.6 Å². The number of non-ortho nitro benzene ring substituents is 1. The SMILES string of the molecule is CCOC(=O)C1=C(C)Oc2c(c(=O)oc3ccccc23)C1c1ccc(Br)cc1.Cc1ccc(C)c(N=C/C=C/c2ccc([N+](=O)[O-])cc2)c1. The lowest BCUT2D eigenvalue weighted by Crippen LogP contribution is -2.27. The van der Waals surface area contributed by atoms with Crippen molar-refractivity contribution in [2.24, 2.45) is 4.99 Å². The second-order valence-electron chi connectivity index (χ2n) is 11.2. The molecule has 248 valence electrons. The van der Waals surface area contributed by atoms with Crippen molar-refractivity contribution in [3.05, 3.63) is 161 Å². The molecule has 9 nitrogen and oxygen atoms in total. The summed E-state index contributed by atoms with van der Waals surface area (Å²) in [5.74, 6) is -0.317. The maximum absolute atomic E-state index is 12.9. The molecule has 10 heteroatoms. The highest BCUT2D eigenvalue weighted by Gasteiger charge is 2.38. The number of carbonyl (C=O) groups is 1. The largest absolute Gasteiger partial charge is 0.463 e. The molecule has 0 spiro atoms. The number of rotatable bonds is 7. The fourth-order valence-electron chi connectivity index (χ4n) is 5.35. The van der Waals surface area contributed by atoms with Crippen molar-refractivity contribution in [2.75, 3.05) is 6.61 Å². The summed E-state index contributed by atoms with van der Waals surface area (Å²) in [5.41, 5.74) is 5.52. The standard InChI is InChI=1S/C22H17BrO5.C17H16N2O2/c1-3-26-21(24)17-12(2)27-20-15-6-4-5-7-16(15)28-22(25)19(20)18(17)13-8-10-14(23)11-9-13;1-13-5-6-14(2)17(12-13)18-11-3-4-15-7-9-16(10-8-15)19(20)21/h4-11,18H,3H2,1-2H3;3-12H,1-2H3/b;4-3+,18-11?. The van der Waals surface area contributed by atoms with Crippen LogP contribution in [0.1, 0.15) is 47.6 Å². The Hall–Kier alpha value is -5.61. The van der Waals surface area contributed by atoms with Gasteiger partial charge in [-0.25, -0.2) is 9.59 Å². The topological polar surface area (TPSA) is 121 Å². The predicted octanol–water partition coefficient (Wildman–Crippen LogP) is 9.54. The molecule has 0 radical (unpaired) electrons. The number of carbonyl (C=O) groups excluding carboxylic acids is 1. The number of aliphatic imine (C=N–C) groups is 1. The van der Waals surface area contributed by atoms with Crippen LogP contribution in [-0.4, -0.2) is 23.7 Å². The number of fused-ring (bicyclic) bond motifs is 3. The summed E-state index contributed by atoms with van der Waals surface area (Å²) in [5, 5.41) is 11.2. The Morgan fingerprint density at radius 1 is 1.00 bits per heavy atom. The van der Waals surface area contributed by atoms with Crippen LogP contribution in [0.2, 0.25) is 0 Å². The third-order valence-corrected chi connectivity index (χ3v) is 8.29. The number of esters is 1. The third-order valence-electron chi connectivity index (χ3n) is 7.77. The van der Waals surface area contributed by atoms with Gasteiger partial charge in [-0.05, 0) is 98.5 Å². The lowest BCUT2D eigenvalue weighted by Gasteiger charge is -2.28. The summed E-state index contributed by atoms with van der Waals surface area (Å²) in [4.78, 5) is 40.2. The molecule has 1 aliphatic rings. The number of hydrogen-bond acceptors (Lipinski definition) is 8. The van der Waals surface area contributed by atoms with Crippen LogP contribution in [-0.2, 0) is 9.53 Å². The number of hydrogen-bond donors (Lipinski definition) is 0. The first-order valence-electron chi connectivity index (χ1n) is 15.5. The Labute approximate surface area is 291 Å². The fraction of sp³-hybridized carbons (Fsp3) is 0.154. The molecule has 1 atom stereocenters. The zero-order valence-corrected chi connectivity index (χ0v) is 28.9. The molecule has 0 fully saturated rings. The van der Waals surface area contributed by atoms with Gasteiger partial charge in [-0.2, -0.15) is 0 Å². The minimum absolute atomic E-state index is 0.0937.